The SMILES string of the molecule is CC[NH+]1CCC[C@H]1CNC(=O)c1cc(NC(C)=O)c(N(C)C)cc1OC. The second-order valence-corrected chi connectivity index (χ2v) is 6.96. The van der Waals surface area contributed by atoms with Crippen LogP contribution >= 0.6 is 0 Å². The lowest BCUT2D eigenvalue weighted by Gasteiger charge is -2.22. The third-order valence-electron chi connectivity index (χ3n) is 4.95. The van der Waals surface area contributed by atoms with Crippen molar-refractivity contribution in [1.82, 2.24) is 5.32 Å². The van der Waals surface area contributed by atoms with Crippen LogP contribution in [0.1, 0.15) is 37.0 Å². The van der Waals surface area contributed by atoms with E-state index in [1.807, 2.05) is 19.0 Å². The number of hydrogen-bond donors (Lipinski definition) is 3. The third-order valence-corrected chi connectivity index (χ3v) is 4.95. The number of likely N-dealkylation sites (tertiary alicyclic amines) is 1. The number of carbonyl (C=O) groups is 2. The largest absolute Gasteiger partial charge is 0.496 e. The average molecular weight is 363 g/mol. The molecule has 1 aromatic carbocycles. The number of methoxy groups -OCH3 is 1. The van der Waals surface area contributed by atoms with Crippen molar-refractivity contribution in [1.29, 1.82) is 0 Å². The van der Waals surface area contributed by atoms with Crippen molar-refractivity contribution < 1.29 is 19.2 Å². The molecule has 1 saturated heterocycles. The summed E-state index contributed by atoms with van der Waals surface area (Å²) in [5.41, 5.74) is 1.80. The number of hydrogen-bond acceptors (Lipinski definition) is 4. The van der Waals surface area contributed by atoms with E-state index in [9.17, 15) is 9.59 Å². The Kier molecular flexibility index (Phi) is 6.85. The van der Waals surface area contributed by atoms with Crippen LogP contribution in [-0.4, -0.2) is 58.7 Å². The molecule has 0 saturated carbocycles. The Morgan fingerprint density at radius 1 is 1.35 bits per heavy atom. The number of benzene rings is 1. The van der Waals surface area contributed by atoms with E-state index in [1.165, 1.54) is 19.9 Å². The highest BCUT2D eigenvalue weighted by atomic mass is 16.5. The van der Waals surface area contributed by atoms with Gasteiger partial charge in [0.25, 0.3) is 5.91 Å². The molecule has 0 radical (unpaired) electrons. The summed E-state index contributed by atoms with van der Waals surface area (Å²) in [5.74, 6) is 0.130. The lowest BCUT2D eigenvalue weighted by molar-refractivity contribution is -0.909. The van der Waals surface area contributed by atoms with Crippen molar-refractivity contribution in [2.24, 2.45) is 0 Å². The summed E-state index contributed by atoms with van der Waals surface area (Å²) in [6, 6.07) is 3.93. The van der Waals surface area contributed by atoms with Gasteiger partial charge in [-0.3, -0.25) is 9.59 Å². The molecule has 1 heterocycles. The van der Waals surface area contributed by atoms with Gasteiger partial charge in [0.1, 0.15) is 11.8 Å². The number of nitrogens with one attached hydrogen (secondary N) is 3. The fourth-order valence-corrected chi connectivity index (χ4v) is 3.58. The molecule has 2 rings (SSSR count). The lowest BCUT2D eigenvalue weighted by atomic mass is 10.1. The van der Waals surface area contributed by atoms with E-state index in [0.29, 0.717) is 29.6 Å². The minimum atomic E-state index is -0.183. The van der Waals surface area contributed by atoms with Crippen LogP contribution in [0, 0.1) is 0 Å². The van der Waals surface area contributed by atoms with Crippen LogP contribution in [0.2, 0.25) is 0 Å². The number of anilines is 2. The number of quaternary nitrogens is 1. The molecule has 0 bridgehead atoms. The zero-order chi connectivity index (χ0) is 19.3. The average Bonchev–Trinajstić information content (AvgIpc) is 3.06. The molecule has 2 atom stereocenters. The molecule has 1 aliphatic heterocycles. The maximum absolute atomic E-state index is 12.8. The zero-order valence-corrected chi connectivity index (χ0v) is 16.4. The summed E-state index contributed by atoms with van der Waals surface area (Å²) < 4.78 is 5.43. The van der Waals surface area contributed by atoms with Gasteiger partial charge in [-0.15, -0.1) is 0 Å². The molecule has 3 N–H and O–H groups in total. The molecule has 7 nitrogen and oxygen atoms in total. The molecule has 0 spiro atoms. The molecule has 0 aliphatic carbocycles. The molecular weight excluding hydrogens is 332 g/mol. The van der Waals surface area contributed by atoms with Crippen molar-refractivity contribution in [3.63, 3.8) is 0 Å². The highest BCUT2D eigenvalue weighted by Crippen LogP contribution is 2.33. The van der Waals surface area contributed by atoms with Crippen molar-refractivity contribution in [3.8, 4) is 5.75 Å². The van der Waals surface area contributed by atoms with Crippen LogP contribution in [0.25, 0.3) is 0 Å². The summed E-state index contributed by atoms with van der Waals surface area (Å²) in [6.07, 6.45) is 2.34. The van der Waals surface area contributed by atoms with Crippen molar-refractivity contribution in [2.75, 3.05) is 51.1 Å². The van der Waals surface area contributed by atoms with Gasteiger partial charge in [0.15, 0.2) is 0 Å². The highest BCUT2D eigenvalue weighted by molar-refractivity contribution is 6.01. The summed E-state index contributed by atoms with van der Waals surface area (Å²) in [7, 11) is 5.30. The predicted octanol–water partition coefficient (Wildman–Crippen LogP) is 0.517. The standard InChI is InChI=1S/C19H30N4O3/c1-6-23-9-7-8-14(23)12-20-19(25)15-10-16(21-13(2)24)17(22(3)4)11-18(15)26-5/h10-11,14H,6-9,12H2,1-5H3,(H,20,25)(H,21,24)/p+1/t14-/m0/s1. The van der Waals surface area contributed by atoms with Gasteiger partial charge in [0, 0.05) is 39.9 Å². The molecule has 1 unspecified atom stereocenters. The molecule has 2 amide bonds. The quantitative estimate of drug-likeness (QED) is 0.660. The fourth-order valence-electron chi connectivity index (χ4n) is 3.58. The molecule has 7 heteroatoms. The van der Waals surface area contributed by atoms with Gasteiger partial charge >= 0.3 is 0 Å². The molecule has 26 heavy (non-hydrogen) atoms. The van der Waals surface area contributed by atoms with Crippen LogP contribution in [-0.2, 0) is 4.79 Å². The summed E-state index contributed by atoms with van der Waals surface area (Å²) in [5, 5.41) is 5.84. The molecule has 1 aliphatic rings. The number of amides is 2. The maximum Gasteiger partial charge on any atom is 0.255 e. The lowest BCUT2D eigenvalue weighted by Crippen LogP contribution is -3.14. The Morgan fingerprint density at radius 2 is 2.08 bits per heavy atom. The Bertz CT molecular complexity index is 660. The van der Waals surface area contributed by atoms with Crippen molar-refractivity contribution in [3.05, 3.63) is 17.7 Å². The first-order valence-electron chi connectivity index (χ1n) is 9.17. The van der Waals surface area contributed by atoms with Gasteiger partial charge in [-0.05, 0) is 13.0 Å². The zero-order valence-electron chi connectivity index (χ0n) is 16.4. The molecule has 1 fully saturated rings. The summed E-state index contributed by atoms with van der Waals surface area (Å²) >= 11 is 0. The van der Waals surface area contributed by atoms with E-state index in [-0.39, 0.29) is 11.8 Å². The van der Waals surface area contributed by atoms with Crippen molar-refractivity contribution >= 4 is 23.2 Å². The topological polar surface area (TPSA) is 75.1 Å². The van der Waals surface area contributed by atoms with Gasteiger partial charge in [-0.25, -0.2) is 0 Å². The van der Waals surface area contributed by atoms with Crippen molar-refractivity contribution in [2.45, 2.75) is 32.7 Å². The van der Waals surface area contributed by atoms with Gasteiger partial charge in [-0.2, -0.15) is 0 Å². The van der Waals surface area contributed by atoms with Gasteiger partial charge in [0.2, 0.25) is 5.91 Å². The van der Waals surface area contributed by atoms with E-state index in [1.54, 1.807) is 24.1 Å². The van der Waals surface area contributed by atoms with Crippen LogP contribution in [0.15, 0.2) is 12.1 Å². The monoisotopic (exact) mass is 363 g/mol. The first kappa shape index (κ1) is 20.0. The maximum atomic E-state index is 12.8. The van der Waals surface area contributed by atoms with Crippen LogP contribution in [0.3, 0.4) is 0 Å². The van der Waals surface area contributed by atoms with Gasteiger partial charge < -0.3 is 25.2 Å². The Morgan fingerprint density at radius 3 is 2.65 bits per heavy atom. The summed E-state index contributed by atoms with van der Waals surface area (Å²) in [6.45, 7) is 6.53. The van der Waals surface area contributed by atoms with E-state index >= 15 is 0 Å². The van der Waals surface area contributed by atoms with Gasteiger partial charge in [-0.1, -0.05) is 0 Å². The Hall–Kier alpha value is -2.28. The van der Waals surface area contributed by atoms with Crippen LogP contribution in [0.5, 0.6) is 5.75 Å². The van der Waals surface area contributed by atoms with E-state index < -0.39 is 0 Å². The van der Waals surface area contributed by atoms with E-state index in [4.69, 9.17) is 4.74 Å². The first-order valence-corrected chi connectivity index (χ1v) is 9.17. The Balaban J connectivity index is 2.22. The molecule has 144 valence electrons. The minimum absolute atomic E-state index is 0.180. The first-order chi connectivity index (χ1) is 12.4. The normalized spacial score (nSPS) is 19.1. The highest BCUT2D eigenvalue weighted by Gasteiger charge is 2.28. The number of nitrogens with zero attached hydrogens (tertiary/aromatic N) is 1. The molecular formula is C19H31N4O3+. The fraction of sp³-hybridized carbons (Fsp3) is 0.579. The summed E-state index contributed by atoms with van der Waals surface area (Å²) in [4.78, 5) is 27.7. The van der Waals surface area contributed by atoms with Crippen LogP contribution in [0.4, 0.5) is 11.4 Å². The van der Waals surface area contributed by atoms with Crippen LogP contribution < -0.4 is 25.2 Å². The smallest absolute Gasteiger partial charge is 0.255 e. The van der Waals surface area contributed by atoms with Gasteiger partial charge in [0.05, 0.1) is 43.7 Å². The Labute approximate surface area is 155 Å². The molecule has 0 aromatic heterocycles. The van der Waals surface area contributed by atoms with E-state index in [0.717, 1.165) is 18.7 Å². The number of ether oxygens (including phenoxy) is 1. The predicted molar refractivity (Wildman–Crippen MR) is 103 cm³/mol. The second-order valence-electron chi connectivity index (χ2n) is 6.96. The number of carbonyl (C=O) groups excluding carboxylic acids is 2. The minimum Gasteiger partial charge on any atom is -0.496 e. The number of rotatable bonds is 7. The second kappa shape index (κ2) is 8.89. The third kappa shape index (κ3) is 4.66. The number of likely N-dealkylation sites (N-methyl/N-ethyl adjacent to an activating group) is 1. The van der Waals surface area contributed by atoms with E-state index in [2.05, 4.69) is 17.6 Å². The molecule has 1 aromatic rings.